The van der Waals surface area contributed by atoms with Crippen LogP contribution in [-0.2, 0) is 17.6 Å². The van der Waals surface area contributed by atoms with Crippen LogP contribution in [0, 0.1) is 5.41 Å². The summed E-state index contributed by atoms with van der Waals surface area (Å²) in [6.45, 7) is 1.06. The smallest absolute Gasteiger partial charge is 0.433 e. The Balaban J connectivity index is 1.95. The van der Waals surface area contributed by atoms with Gasteiger partial charge in [-0.3, -0.25) is 5.41 Å². The average Bonchev–Trinajstić information content (AvgIpc) is 2.53. The molecule has 1 aliphatic heterocycles. The maximum absolute atomic E-state index is 12.4. The number of aliphatic carboxylic acids is 1. The molecule has 2 heterocycles. The van der Waals surface area contributed by atoms with Crippen LogP contribution >= 0.6 is 0 Å². The van der Waals surface area contributed by atoms with Gasteiger partial charge in [0.25, 0.3) is 0 Å². The fourth-order valence-corrected chi connectivity index (χ4v) is 2.28. The first-order valence-electron chi connectivity index (χ1n) is 7.34. The lowest BCUT2D eigenvalue weighted by atomic mass is 10.1. The molecular weight excluding hydrogens is 325 g/mol. The van der Waals surface area contributed by atoms with E-state index in [9.17, 15) is 18.0 Å². The number of alkyl halides is 3. The third kappa shape index (κ3) is 4.46. The van der Waals surface area contributed by atoms with Crippen LogP contribution in [0.2, 0.25) is 0 Å². The zero-order valence-electron chi connectivity index (χ0n) is 12.7. The first kappa shape index (κ1) is 17.8. The van der Waals surface area contributed by atoms with Crippen molar-refractivity contribution in [3.05, 3.63) is 35.2 Å². The topological polar surface area (TPSA) is 98.1 Å². The van der Waals surface area contributed by atoms with Crippen LogP contribution in [0.4, 0.5) is 19.0 Å². The molecule has 0 saturated heterocycles. The maximum Gasteiger partial charge on any atom is 0.433 e. The number of carboxylic acid groups (broad SMARTS) is 1. The van der Waals surface area contributed by atoms with Gasteiger partial charge >= 0.3 is 12.1 Å². The molecule has 24 heavy (non-hydrogen) atoms. The zero-order chi connectivity index (χ0) is 17.7. The number of hydrogen-bond acceptors (Lipinski definition) is 5. The van der Waals surface area contributed by atoms with Gasteiger partial charge < -0.3 is 15.7 Å². The molecule has 6 nitrogen and oxygen atoms in total. The number of anilines is 1. The van der Waals surface area contributed by atoms with E-state index in [2.05, 4.69) is 15.6 Å². The van der Waals surface area contributed by atoms with Gasteiger partial charge in [-0.2, -0.15) is 13.2 Å². The second kappa shape index (κ2) is 7.33. The Morgan fingerprint density at radius 1 is 1.46 bits per heavy atom. The first-order valence-corrected chi connectivity index (χ1v) is 7.34. The van der Waals surface area contributed by atoms with Crippen molar-refractivity contribution < 1.29 is 23.1 Å². The van der Waals surface area contributed by atoms with Gasteiger partial charge in [0, 0.05) is 31.4 Å². The number of carbonyl (C=O) groups is 1. The van der Waals surface area contributed by atoms with Gasteiger partial charge in [-0.25, -0.2) is 9.78 Å². The molecule has 4 N–H and O–H groups in total. The second-order valence-electron chi connectivity index (χ2n) is 5.28. The van der Waals surface area contributed by atoms with Gasteiger partial charge in [0.1, 0.15) is 11.4 Å². The lowest BCUT2D eigenvalue weighted by Gasteiger charge is -2.17. The highest BCUT2D eigenvalue weighted by Gasteiger charge is 2.39. The Morgan fingerprint density at radius 3 is 2.88 bits per heavy atom. The Hall–Kier alpha value is -2.58. The Kier molecular flexibility index (Phi) is 5.42. The predicted octanol–water partition coefficient (Wildman–Crippen LogP) is 2.12. The largest absolute Gasteiger partial charge is 0.478 e. The normalized spacial score (nSPS) is 14.5. The highest BCUT2D eigenvalue weighted by molar-refractivity contribution is 6.19. The lowest BCUT2D eigenvalue weighted by molar-refractivity contribution is -0.132. The van der Waals surface area contributed by atoms with Crippen LogP contribution in [0.1, 0.15) is 17.7 Å². The number of nitrogens with zero attached hydrogens (tertiary/aromatic N) is 1. The van der Waals surface area contributed by atoms with Crippen molar-refractivity contribution in [3.8, 4) is 0 Å². The molecular formula is C15H17F3N4O2. The van der Waals surface area contributed by atoms with E-state index in [1.54, 1.807) is 0 Å². The molecule has 0 aliphatic carbocycles. The predicted molar refractivity (Wildman–Crippen MR) is 82.3 cm³/mol. The molecule has 9 heteroatoms. The van der Waals surface area contributed by atoms with Crippen molar-refractivity contribution in [3.63, 3.8) is 0 Å². The quantitative estimate of drug-likeness (QED) is 0.361. The van der Waals surface area contributed by atoms with Crippen molar-refractivity contribution >= 4 is 17.5 Å². The summed E-state index contributed by atoms with van der Waals surface area (Å²) in [6, 6.07) is 3.80. The summed E-state index contributed by atoms with van der Waals surface area (Å²) in [6.07, 6.45) is -1.88. The molecule has 0 unspecified atom stereocenters. The third-order valence-electron chi connectivity index (χ3n) is 3.51. The number of aryl methyl sites for hydroxylation is 1. The van der Waals surface area contributed by atoms with Crippen molar-refractivity contribution in [2.24, 2.45) is 0 Å². The molecule has 130 valence electrons. The average molecular weight is 342 g/mol. The number of nitrogens with one attached hydrogen (secondary N) is 3. The van der Waals surface area contributed by atoms with Crippen LogP contribution in [-0.4, -0.2) is 41.0 Å². The summed E-state index contributed by atoms with van der Waals surface area (Å²) in [5.41, 5.74) is -1.14. The van der Waals surface area contributed by atoms with Crippen LogP contribution in [0.15, 0.2) is 23.9 Å². The van der Waals surface area contributed by atoms with E-state index in [0.717, 1.165) is 36.5 Å². The van der Waals surface area contributed by atoms with Gasteiger partial charge in [0.15, 0.2) is 5.71 Å². The fraction of sp³-hybridized carbons (Fsp3) is 0.400. The molecule has 0 spiro atoms. The van der Waals surface area contributed by atoms with Crippen molar-refractivity contribution in [1.82, 2.24) is 10.3 Å². The summed E-state index contributed by atoms with van der Waals surface area (Å²) < 4.78 is 37.3. The van der Waals surface area contributed by atoms with Crippen molar-refractivity contribution in [1.29, 1.82) is 5.41 Å². The molecule has 2 rings (SSSR count). The number of rotatable bonds is 6. The van der Waals surface area contributed by atoms with E-state index >= 15 is 0 Å². The van der Waals surface area contributed by atoms with Crippen LogP contribution in [0.3, 0.4) is 0 Å². The molecule has 0 fully saturated rings. The standard InChI is InChI=1S/C15H17F3N4O2/c16-15(17,18)12(19)11(14(23)24)8-20-7-5-10-4-3-9-2-1-6-21-13(9)22-10/h3-4,8,19-20H,1-2,5-7H2,(H,21,22)(H,23,24)/b11-8+,19-12?. The summed E-state index contributed by atoms with van der Waals surface area (Å²) in [4.78, 5) is 15.3. The number of hydrogen-bond donors (Lipinski definition) is 4. The van der Waals surface area contributed by atoms with E-state index in [-0.39, 0.29) is 6.54 Å². The Labute approximate surface area is 136 Å². The summed E-state index contributed by atoms with van der Waals surface area (Å²) >= 11 is 0. The van der Waals surface area contributed by atoms with Gasteiger partial charge in [-0.1, -0.05) is 6.07 Å². The molecule has 1 aromatic heterocycles. The van der Waals surface area contributed by atoms with Crippen LogP contribution in [0.5, 0.6) is 0 Å². The molecule has 0 atom stereocenters. The first-order chi connectivity index (χ1) is 11.3. The van der Waals surface area contributed by atoms with Crippen LogP contribution < -0.4 is 10.6 Å². The summed E-state index contributed by atoms with van der Waals surface area (Å²) in [5.74, 6) is -0.986. The Bertz CT molecular complexity index is 671. The highest BCUT2D eigenvalue weighted by atomic mass is 19.4. The molecule has 1 aromatic rings. The molecule has 0 aromatic carbocycles. The molecule has 0 radical (unpaired) electrons. The number of carboxylic acids is 1. The maximum atomic E-state index is 12.4. The van der Waals surface area contributed by atoms with Crippen molar-refractivity contribution in [2.45, 2.75) is 25.4 Å². The van der Waals surface area contributed by atoms with Gasteiger partial charge in [-0.15, -0.1) is 0 Å². The number of pyridine rings is 1. The zero-order valence-corrected chi connectivity index (χ0v) is 12.7. The van der Waals surface area contributed by atoms with Crippen LogP contribution in [0.25, 0.3) is 0 Å². The Morgan fingerprint density at radius 2 is 2.21 bits per heavy atom. The molecule has 0 bridgehead atoms. The number of aromatic nitrogens is 1. The monoisotopic (exact) mass is 342 g/mol. The van der Waals surface area contributed by atoms with E-state index in [4.69, 9.17) is 10.5 Å². The minimum atomic E-state index is -5.00. The number of halogens is 3. The molecule has 0 amide bonds. The highest BCUT2D eigenvalue weighted by Crippen LogP contribution is 2.21. The molecule has 1 aliphatic rings. The summed E-state index contributed by atoms with van der Waals surface area (Å²) in [5, 5.41) is 21.4. The van der Waals surface area contributed by atoms with E-state index < -0.39 is 23.4 Å². The van der Waals surface area contributed by atoms with Gasteiger partial charge in [0.05, 0.1) is 0 Å². The van der Waals surface area contributed by atoms with E-state index in [1.165, 1.54) is 0 Å². The number of fused-ring (bicyclic) bond motifs is 1. The van der Waals surface area contributed by atoms with Crippen molar-refractivity contribution in [2.75, 3.05) is 18.4 Å². The summed E-state index contributed by atoms with van der Waals surface area (Å²) in [7, 11) is 0. The second-order valence-corrected chi connectivity index (χ2v) is 5.28. The van der Waals surface area contributed by atoms with Gasteiger partial charge in [-0.05, 0) is 24.5 Å². The minimum Gasteiger partial charge on any atom is -0.478 e. The van der Waals surface area contributed by atoms with Gasteiger partial charge in [0.2, 0.25) is 0 Å². The van der Waals surface area contributed by atoms with E-state index in [1.807, 2.05) is 12.1 Å². The third-order valence-corrected chi connectivity index (χ3v) is 3.51. The van der Waals surface area contributed by atoms with E-state index in [0.29, 0.717) is 12.6 Å². The fourth-order valence-electron chi connectivity index (χ4n) is 2.28. The molecule has 0 saturated carbocycles. The minimum absolute atomic E-state index is 0.202. The SMILES string of the molecule is N=C(/C(=C\NCCc1ccc2c(n1)NCCC2)C(=O)O)C(F)(F)F. The lowest BCUT2D eigenvalue weighted by Crippen LogP contribution is -2.29.